The van der Waals surface area contributed by atoms with Gasteiger partial charge in [-0.05, 0) is 65.7 Å². The summed E-state index contributed by atoms with van der Waals surface area (Å²) in [6.07, 6.45) is 3.36. The Morgan fingerprint density at radius 2 is 1.70 bits per heavy atom. The van der Waals surface area contributed by atoms with Gasteiger partial charge in [0, 0.05) is 53.0 Å². The number of carbonyl (C=O) groups is 3. The molecule has 1 aliphatic heterocycles. The Labute approximate surface area is 278 Å². The zero-order valence-electron chi connectivity index (χ0n) is 26.0. The topological polar surface area (TPSA) is 136 Å². The average molecular weight is 653 g/mol. The minimum Gasteiger partial charge on any atom is -0.399 e. The molecule has 0 aliphatic carbocycles. The van der Waals surface area contributed by atoms with E-state index in [1.54, 1.807) is 90.7 Å². The van der Waals surface area contributed by atoms with E-state index in [1.807, 2.05) is 30.3 Å². The second kappa shape index (κ2) is 14.6. The molecule has 0 spiro atoms. The van der Waals surface area contributed by atoms with Crippen molar-refractivity contribution in [1.29, 1.82) is 0 Å². The van der Waals surface area contributed by atoms with Crippen LogP contribution >= 0.6 is 11.6 Å². The van der Waals surface area contributed by atoms with Gasteiger partial charge in [0.1, 0.15) is 0 Å². The number of amides is 3. The Balaban J connectivity index is 1.28. The van der Waals surface area contributed by atoms with Crippen molar-refractivity contribution in [2.24, 2.45) is 5.92 Å². The molecule has 2 atom stereocenters. The highest BCUT2D eigenvalue weighted by Gasteiger charge is 2.52. The lowest BCUT2D eigenvalue weighted by molar-refractivity contribution is -0.139. The number of hydrogen-bond donors (Lipinski definition) is 4. The first kappa shape index (κ1) is 33.4. The summed E-state index contributed by atoms with van der Waals surface area (Å²) < 4.78 is 0. The van der Waals surface area contributed by atoms with Gasteiger partial charge in [-0.3, -0.25) is 14.4 Å². The molecular weight excluding hydrogens is 616 g/mol. The first-order chi connectivity index (χ1) is 22.6. The molecule has 9 nitrogen and oxygen atoms in total. The molecule has 0 saturated carbocycles. The summed E-state index contributed by atoms with van der Waals surface area (Å²) >= 11 is 6.33. The van der Waals surface area contributed by atoms with Gasteiger partial charge in [0.25, 0.3) is 11.8 Å². The van der Waals surface area contributed by atoms with Gasteiger partial charge in [0.2, 0.25) is 5.91 Å². The zero-order valence-corrected chi connectivity index (χ0v) is 26.7. The molecule has 4 aromatic rings. The van der Waals surface area contributed by atoms with E-state index in [4.69, 9.17) is 17.3 Å². The van der Waals surface area contributed by atoms with Crippen LogP contribution in [0.15, 0.2) is 109 Å². The van der Waals surface area contributed by atoms with Crippen molar-refractivity contribution >= 4 is 46.4 Å². The van der Waals surface area contributed by atoms with Crippen molar-refractivity contribution in [2.45, 2.75) is 32.0 Å². The Kier molecular flexibility index (Phi) is 10.4. The van der Waals surface area contributed by atoms with Crippen LogP contribution in [0, 0.1) is 5.92 Å². The summed E-state index contributed by atoms with van der Waals surface area (Å²) in [5, 5.41) is 24.7. The molecule has 1 aliphatic rings. The number of aliphatic hydroxyl groups excluding tert-OH is 1. The summed E-state index contributed by atoms with van der Waals surface area (Å²) in [6, 6.07) is 28.2. The molecule has 0 saturated heterocycles. The van der Waals surface area contributed by atoms with Gasteiger partial charge in [0.05, 0.1) is 18.8 Å². The molecule has 0 unspecified atom stereocenters. The SMILES string of the molecule is C[C@H](/C=C/CC(=O)N(CCO)Cc1ccccc1)[C@@]1(O)C(=O)N(Cc2ccc(NC(=O)c3ccc(N)cc3)cc2)c2ccc(Cl)cc21. The largest absolute Gasteiger partial charge is 0.399 e. The van der Waals surface area contributed by atoms with Crippen molar-refractivity contribution < 1.29 is 24.6 Å². The van der Waals surface area contributed by atoms with Crippen LogP contribution in [0.2, 0.25) is 5.02 Å². The molecule has 3 amide bonds. The van der Waals surface area contributed by atoms with Gasteiger partial charge in [-0.2, -0.15) is 0 Å². The van der Waals surface area contributed by atoms with Gasteiger partial charge >= 0.3 is 0 Å². The zero-order chi connectivity index (χ0) is 33.6. The lowest BCUT2D eigenvalue weighted by Crippen LogP contribution is -2.44. The van der Waals surface area contributed by atoms with Gasteiger partial charge in [-0.1, -0.05) is 73.1 Å². The minimum absolute atomic E-state index is 0.0365. The number of anilines is 3. The van der Waals surface area contributed by atoms with Gasteiger partial charge in [-0.15, -0.1) is 0 Å². The number of halogens is 1. The minimum atomic E-state index is -1.92. The van der Waals surface area contributed by atoms with Crippen molar-refractivity contribution in [2.75, 3.05) is 29.1 Å². The van der Waals surface area contributed by atoms with Crippen LogP contribution < -0.4 is 16.0 Å². The molecule has 5 N–H and O–H groups in total. The Morgan fingerprint density at radius 3 is 2.38 bits per heavy atom. The first-order valence-corrected chi connectivity index (χ1v) is 15.7. The van der Waals surface area contributed by atoms with Crippen LogP contribution in [0.4, 0.5) is 17.1 Å². The molecule has 5 rings (SSSR count). The molecule has 0 aromatic heterocycles. The second-order valence-corrected chi connectivity index (χ2v) is 12.0. The smallest absolute Gasteiger partial charge is 0.264 e. The molecule has 4 aromatic carbocycles. The molecule has 0 fully saturated rings. The third-order valence-electron chi connectivity index (χ3n) is 8.27. The lowest BCUT2D eigenvalue weighted by Gasteiger charge is -2.28. The van der Waals surface area contributed by atoms with Gasteiger partial charge in [-0.25, -0.2) is 0 Å². The maximum Gasteiger partial charge on any atom is 0.264 e. The fourth-order valence-electron chi connectivity index (χ4n) is 5.65. The van der Waals surface area contributed by atoms with Crippen molar-refractivity contribution in [1.82, 2.24) is 4.90 Å². The number of nitrogens with two attached hydrogens (primary N) is 1. The van der Waals surface area contributed by atoms with E-state index in [9.17, 15) is 24.6 Å². The Bertz CT molecular complexity index is 1760. The summed E-state index contributed by atoms with van der Waals surface area (Å²) in [4.78, 5) is 42.7. The number of fused-ring (bicyclic) bond motifs is 1. The molecular formula is C37H37ClN4O5. The van der Waals surface area contributed by atoms with Crippen molar-refractivity contribution in [3.8, 4) is 0 Å². The van der Waals surface area contributed by atoms with E-state index < -0.39 is 17.4 Å². The molecule has 0 bridgehead atoms. The summed E-state index contributed by atoms with van der Waals surface area (Å²) in [5.74, 6) is -1.67. The van der Waals surface area contributed by atoms with Crippen molar-refractivity contribution in [3.05, 3.63) is 136 Å². The number of nitrogens with one attached hydrogen (secondary N) is 1. The van der Waals surface area contributed by atoms with Gasteiger partial charge < -0.3 is 31.1 Å². The fourth-order valence-corrected chi connectivity index (χ4v) is 5.82. The van der Waals surface area contributed by atoms with E-state index >= 15 is 0 Å². The summed E-state index contributed by atoms with van der Waals surface area (Å²) in [6.45, 7) is 2.29. The van der Waals surface area contributed by atoms with Crippen LogP contribution in [-0.2, 0) is 28.3 Å². The Hall–Kier alpha value is -4.96. The number of rotatable bonds is 12. The van der Waals surface area contributed by atoms with Crippen LogP contribution in [0.1, 0.15) is 40.4 Å². The maximum atomic E-state index is 14.0. The predicted molar refractivity (Wildman–Crippen MR) is 184 cm³/mol. The fraction of sp³-hybridized carbons (Fsp3) is 0.216. The number of hydrogen-bond acceptors (Lipinski definition) is 6. The van der Waals surface area contributed by atoms with Crippen LogP contribution in [0.25, 0.3) is 0 Å². The van der Waals surface area contributed by atoms with E-state index in [0.29, 0.717) is 39.8 Å². The number of benzene rings is 4. The van der Waals surface area contributed by atoms with Crippen LogP contribution in [0.5, 0.6) is 0 Å². The summed E-state index contributed by atoms with van der Waals surface area (Å²) in [7, 11) is 0. The Morgan fingerprint density at radius 1 is 1.00 bits per heavy atom. The van der Waals surface area contributed by atoms with Crippen LogP contribution in [-0.4, -0.2) is 46.0 Å². The quantitative estimate of drug-likeness (QED) is 0.118. The highest BCUT2D eigenvalue weighted by atomic mass is 35.5. The highest BCUT2D eigenvalue weighted by molar-refractivity contribution is 6.31. The average Bonchev–Trinajstić information content (AvgIpc) is 3.28. The molecule has 10 heteroatoms. The van der Waals surface area contributed by atoms with E-state index in [0.717, 1.165) is 11.1 Å². The van der Waals surface area contributed by atoms with Gasteiger partial charge in [0.15, 0.2) is 5.60 Å². The van der Waals surface area contributed by atoms with Crippen LogP contribution in [0.3, 0.4) is 0 Å². The third kappa shape index (κ3) is 7.55. The standard InChI is InChI=1S/C37H37ClN4O5/c1-25(6-5-9-34(44)41(20-21-43)23-26-7-3-2-4-8-26)37(47)32-22-29(38)14-19-33(32)42(36(37)46)24-27-10-17-31(18-11-27)40-35(45)28-12-15-30(39)16-13-28/h2-8,10-19,22,25,43,47H,9,20-21,23-24,39H2,1H3,(H,40,45)/b6-5+/t25-,37+/m1/s1. The molecule has 242 valence electrons. The second-order valence-electron chi connectivity index (χ2n) is 11.5. The van der Waals surface area contributed by atoms with E-state index in [-0.39, 0.29) is 37.9 Å². The normalized spacial score (nSPS) is 16.3. The highest BCUT2D eigenvalue weighted by Crippen LogP contribution is 2.46. The van der Waals surface area contributed by atoms with E-state index in [1.165, 1.54) is 4.90 Å². The number of carbonyl (C=O) groups excluding carboxylic acids is 3. The lowest BCUT2D eigenvalue weighted by atomic mass is 9.83. The number of nitrogen functional groups attached to an aromatic ring is 1. The third-order valence-corrected chi connectivity index (χ3v) is 8.51. The number of nitrogens with zero attached hydrogens (tertiary/aromatic N) is 2. The summed E-state index contributed by atoms with van der Waals surface area (Å²) in [5.41, 5.74) is 8.08. The number of aliphatic hydroxyl groups is 2. The molecule has 1 heterocycles. The van der Waals surface area contributed by atoms with E-state index in [2.05, 4.69) is 5.32 Å². The molecule has 47 heavy (non-hydrogen) atoms. The van der Waals surface area contributed by atoms with Crippen molar-refractivity contribution in [3.63, 3.8) is 0 Å². The first-order valence-electron chi connectivity index (χ1n) is 15.3. The maximum absolute atomic E-state index is 14.0. The molecule has 0 radical (unpaired) electrons. The predicted octanol–water partition coefficient (Wildman–Crippen LogP) is 5.51. The monoisotopic (exact) mass is 652 g/mol.